The van der Waals surface area contributed by atoms with Crippen molar-refractivity contribution in [1.29, 1.82) is 0 Å². The third-order valence-electron chi connectivity index (χ3n) is 3.65. The van der Waals surface area contributed by atoms with E-state index in [0.717, 1.165) is 21.4 Å². The van der Waals surface area contributed by atoms with E-state index in [1.165, 1.54) is 23.0 Å². The van der Waals surface area contributed by atoms with Crippen LogP contribution < -0.4 is 0 Å². The highest BCUT2D eigenvalue weighted by atomic mass is 32.2. The van der Waals surface area contributed by atoms with E-state index in [0.29, 0.717) is 10.9 Å². The van der Waals surface area contributed by atoms with Crippen LogP contribution in [0.15, 0.2) is 30.3 Å². The molecule has 0 radical (unpaired) electrons. The van der Waals surface area contributed by atoms with Gasteiger partial charge in [-0.25, -0.2) is 0 Å². The predicted octanol–water partition coefficient (Wildman–Crippen LogP) is 2.38. The van der Waals surface area contributed by atoms with Gasteiger partial charge in [0, 0.05) is 27.4 Å². The maximum absolute atomic E-state index is 2.50. The second kappa shape index (κ2) is 4.06. The van der Waals surface area contributed by atoms with Crippen molar-refractivity contribution >= 4 is 21.8 Å². The van der Waals surface area contributed by atoms with Gasteiger partial charge < -0.3 is 0 Å². The highest BCUT2D eigenvalue weighted by Crippen LogP contribution is 2.41. The van der Waals surface area contributed by atoms with Crippen molar-refractivity contribution in [3.63, 3.8) is 0 Å². The molecule has 80 valence electrons. The summed E-state index contributed by atoms with van der Waals surface area (Å²) in [5.74, 6) is 6.11. The van der Waals surface area contributed by atoms with Gasteiger partial charge in [-0.05, 0) is 6.92 Å². The smallest absolute Gasteiger partial charge is 0.0622 e. The van der Waals surface area contributed by atoms with Crippen LogP contribution in [0.25, 0.3) is 0 Å². The lowest BCUT2D eigenvalue weighted by Gasteiger charge is -2.34. The zero-order chi connectivity index (χ0) is 10.3. The summed E-state index contributed by atoms with van der Waals surface area (Å²) in [5.41, 5.74) is 1.62. The zero-order valence-electron chi connectivity index (χ0n) is 9.19. The van der Waals surface area contributed by atoms with E-state index in [9.17, 15) is 0 Å². The van der Waals surface area contributed by atoms with E-state index in [4.69, 9.17) is 0 Å². The van der Waals surface area contributed by atoms with E-state index in [1.807, 2.05) is 0 Å². The Morgan fingerprint density at radius 1 is 0.933 bits per heavy atom. The first-order valence-electron chi connectivity index (χ1n) is 5.74. The molecule has 15 heavy (non-hydrogen) atoms. The zero-order valence-corrected chi connectivity index (χ0v) is 10.8. The number of hydrogen-bond donors (Lipinski definition) is 0. The third-order valence-corrected chi connectivity index (χ3v) is 9.98. The Hall–Kier alpha value is -0.0800. The highest BCUT2D eigenvalue weighted by Gasteiger charge is 2.55. The molecule has 1 aromatic rings. The van der Waals surface area contributed by atoms with Crippen LogP contribution in [0.4, 0.5) is 0 Å². The fraction of sp³-hybridized carbons (Fsp3) is 0.538. The molecule has 0 nitrogen and oxygen atoms in total. The average Bonchev–Trinajstić information content (AvgIpc) is 2.31. The number of fused-ring (bicyclic) bond motifs is 3. The topological polar surface area (TPSA) is 0 Å². The van der Waals surface area contributed by atoms with Gasteiger partial charge >= 0.3 is 0 Å². The molecule has 2 bridgehead atoms. The largest absolute Gasteiger partial charge is 0.190 e. The molecule has 3 heterocycles. The minimum Gasteiger partial charge on any atom is -0.0622 e. The van der Waals surface area contributed by atoms with Crippen LogP contribution >= 0.6 is 0 Å². The molecule has 2 atom stereocenters. The van der Waals surface area contributed by atoms with Gasteiger partial charge in [0.05, 0.1) is 0 Å². The van der Waals surface area contributed by atoms with Gasteiger partial charge in [0.1, 0.15) is 0 Å². The molecule has 3 aliphatic heterocycles. The summed E-state index contributed by atoms with van der Waals surface area (Å²) >= 11 is 0. The molecular weight excluding hydrogens is 220 g/mol. The van der Waals surface area contributed by atoms with E-state index < -0.39 is 0 Å². The van der Waals surface area contributed by atoms with E-state index in [-0.39, 0.29) is 0 Å². The average molecular weight is 238 g/mol. The van der Waals surface area contributed by atoms with E-state index in [1.54, 1.807) is 5.56 Å². The van der Waals surface area contributed by atoms with Crippen molar-refractivity contribution in [2.24, 2.45) is 0 Å². The monoisotopic (exact) mass is 238 g/mol. The molecule has 0 spiro atoms. The van der Waals surface area contributed by atoms with Gasteiger partial charge in [-0.3, -0.25) is 0 Å². The Morgan fingerprint density at radius 2 is 1.53 bits per heavy atom. The molecule has 0 amide bonds. The molecule has 0 N–H and O–H groups in total. The van der Waals surface area contributed by atoms with Crippen molar-refractivity contribution in [2.75, 3.05) is 23.0 Å². The molecule has 3 aliphatic rings. The molecule has 1 aromatic carbocycles. The quantitative estimate of drug-likeness (QED) is 0.659. The van der Waals surface area contributed by atoms with Crippen molar-refractivity contribution < 1.29 is 0 Å². The Balaban J connectivity index is 1.92. The van der Waals surface area contributed by atoms with Gasteiger partial charge in [0.2, 0.25) is 0 Å². The summed E-state index contributed by atoms with van der Waals surface area (Å²) in [6.07, 6.45) is 0. The second-order valence-electron chi connectivity index (χ2n) is 4.43. The van der Waals surface area contributed by atoms with Crippen LogP contribution in [-0.2, 0) is 21.8 Å². The summed E-state index contributed by atoms with van der Waals surface area (Å²) in [4.78, 5) is 0. The highest BCUT2D eigenvalue weighted by molar-refractivity contribution is 8.07. The van der Waals surface area contributed by atoms with Gasteiger partial charge in [-0.15, -0.1) is 0 Å². The molecule has 0 aromatic heterocycles. The van der Waals surface area contributed by atoms with Crippen LogP contribution in [0.5, 0.6) is 0 Å². The SMILES string of the molecule is C[C@@H]1[C@@H](c2ccccc2)[S+]2CC[S+]1CC2. The lowest BCUT2D eigenvalue weighted by Crippen LogP contribution is -2.51. The Bertz CT molecular complexity index is 326. The second-order valence-corrected chi connectivity index (χ2v) is 9.46. The van der Waals surface area contributed by atoms with Gasteiger partial charge in [-0.2, -0.15) is 0 Å². The van der Waals surface area contributed by atoms with Crippen molar-refractivity contribution in [2.45, 2.75) is 17.4 Å². The van der Waals surface area contributed by atoms with Crippen LogP contribution in [0, 0.1) is 0 Å². The maximum atomic E-state index is 2.50. The van der Waals surface area contributed by atoms with Crippen molar-refractivity contribution in [1.82, 2.24) is 0 Å². The van der Waals surface area contributed by atoms with Gasteiger partial charge in [-0.1, -0.05) is 30.3 Å². The lowest BCUT2D eigenvalue weighted by atomic mass is 10.1. The summed E-state index contributed by atoms with van der Waals surface area (Å²) in [7, 11) is 1.45. The minimum absolute atomic E-state index is 0.702. The Kier molecular flexibility index (Phi) is 2.73. The lowest BCUT2D eigenvalue weighted by molar-refractivity contribution is 0.868. The number of rotatable bonds is 1. The summed E-state index contributed by atoms with van der Waals surface area (Å²) in [6.45, 7) is 2.50. The van der Waals surface area contributed by atoms with E-state index >= 15 is 0 Å². The standard InChI is InChI=1S/C13H18S2/c1-11-13(12-5-3-2-4-6-12)15-9-7-14(11)8-10-15/h2-6,11,13H,7-10H2,1H3/q+2/t11-,13+,14?,15?/m1/s1. The molecule has 0 saturated carbocycles. The third kappa shape index (κ3) is 1.72. The predicted molar refractivity (Wildman–Crippen MR) is 72.8 cm³/mol. The number of hydrogen-bond acceptors (Lipinski definition) is 0. The van der Waals surface area contributed by atoms with Crippen LogP contribution in [-0.4, -0.2) is 28.3 Å². The minimum atomic E-state index is 0.702. The summed E-state index contributed by atoms with van der Waals surface area (Å²) < 4.78 is 0. The normalized spacial score (nSPS) is 39.3. The van der Waals surface area contributed by atoms with Crippen molar-refractivity contribution in [3.8, 4) is 0 Å². The Morgan fingerprint density at radius 3 is 2.13 bits per heavy atom. The molecule has 3 fully saturated rings. The fourth-order valence-corrected chi connectivity index (χ4v) is 10.4. The first kappa shape index (κ1) is 10.1. The molecule has 4 rings (SSSR count). The molecule has 3 saturated heterocycles. The molecule has 2 heteroatoms. The van der Waals surface area contributed by atoms with Crippen LogP contribution in [0.3, 0.4) is 0 Å². The fourth-order valence-electron chi connectivity index (χ4n) is 2.81. The molecular formula is C13H18S2+2. The summed E-state index contributed by atoms with van der Waals surface area (Å²) in [6, 6.07) is 11.2. The van der Waals surface area contributed by atoms with Gasteiger partial charge in [0.25, 0.3) is 0 Å². The molecule has 0 unspecified atom stereocenters. The first-order chi connectivity index (χ1) is 7.36. The van der Waals surface area contributed by atoms with Crippen LogP contribution in [0.2, 0.25) is 0 Å². The van der Waals surface area contributed by atoms with Gasteiger partial charge in [0.15, 0.2) is 33.5 Å². The van der Waals surface area contributed by atoms with Crippen LogP contribution in [0.1, 0.15) is 17.7 Å². The van der Waals surface area contributed by atoms with Crippen molar-refractivity contribution in [3.05, 3.63) is 35.9 Å². The Labute approximate surface area is 98.2 Å². The molecule has 0 aliphatic carbocycles. The maximum Gasteiger partial charge on any atom is 0.190 e. The van der Waals surface area contributed by atoms with E-state index in [2.05, 4.69) is 37.3 Å². The first-order valence-corrected chi connectivity index (χ1v) is 8.99. The summed E-state index contributed by atoms with van der Waals surface area (Å²) in [5, 5.41) is 1.86. The number of benzene rings is 1.